The number of rotatable bonds is 3. The number of hydrogen-bond donors (Lipinski definition) is 1. The zero-order valence-electron chi connectivity index (χ0n) is 9.97. The minimum absolute atomic E-state index is 0.639. The highest BCUT2D eigenvalue weighted by Crippen LogP contribution is 2.48. The zero-order valence-corrected chi connectivity index (χ0v) is 9.97. The second-order valence-electron chi connectivity index (χ2n) is 6.11. The summed E-state index contributed by atoms with van der Waals surface area (Å²) in [6.07, 6.45) is 5.91. The van der Waals surface area contributed by atoms with Gasteiger partial charge in [-0.3, -0.25) is 0 Å². The summed E-state index contributed by atoms with van der Waals surface area (Å²) in [5.74, 6) is 2.82. The van der Waals surface area contributed by atoms with Crippen molar-refractivity contribution in [1.29, 1.82) is 0 Å². The van der Waals surface area contributed by atoms with Crippen LogP contribution in [0.4, 0.5) is 0 Å². The van der Waals surface area contributed by atoms with Gasteiger partial charge in [0.25, 0.3) is 0 Å². The van der Waals surface area contributed by atoms with Crippen LogP contribution in [0.1, 0.15) is 46.5 Å². The summed E-state index contributed by atoms with van der Waals surface area (Å²) >= 11 is 0. The second-order valence-corrected chi connectivity index (χ2v) is 6.11. The highest BCUT2D eigenvalue weighted by molar-refractivity contribution is 4.93. The molecular formula is C13H25N. The van der Waals surface area contributed by atoms with E-state index in [-0.39, 0.29) is 0 Å². The first kappa shape index (κ1) is 10.5. The van der Waals surface area contributed by atoms with Crippen molar-refractivity contribution in [1.82, 2.24) is 5.32 Å². The fourth-order valence-electron chi connectivity index (χ4n) is 3.34. The summed E-state index contributed by atoms with van der Waals surface area (Å²) in [5, 5.41) is 3.57. The Morgan fingerprint density at radius 3 is 2.64 bits per heavy atom. The smallest absolute Gasteiger partial charge is 0.00128 e. The van der Waals surface area contributed by atoms with Gasteiger partial charge in [0.05, 0.1) is 0 Å². The van der Waals surface area contributed by atoms with E-state index in [9.17, 15) is 0 Å². The molecule has 0 aromatic rings. The Hall–Kier alpha value is -0.0400. The van der Waals surface area contributed by atoms with Crippen molar-refractivity contribution < 1.29 is 0 Å². The van der Waals surface area contributed by atoms with Crippen LogP contribution in [0.15, 0.2) is 0 Å². The van der Waals surface area contributed by atoms with Crippen LogP contribution in [0.25, 0.3) is 0 Å². The normalized spacial score (nSPS) is 39.0. The third kappa shape index (κ3) is 2.13. The van der Waals surface area contributed by atoms with Crippen LogP contribution in [-0.4, -0.2) is 13.1 Å². The van der Waals surface area contributed by atoms with Crippen LogP contribution in [-0.2, 0) is 0 Å². The predicted molar refractivity (Wildman–Crippen MR) is 61.3 cm³/mol. The number of nitrogens with one attached hydrogen (secondary N) is 1. The summed E-state index contributed by atoms with van der Waals surface area (Å²) in [5.41, 5.74) is 0.639. The molecule has 0 aromatic heterocycles. The lowest BCUT2D eigenvalue weighted by Gasteiger charge is -2.44. The van der Waals surface area contributed by atoms with Crippen molar-refractivity contribution in [3.05, 3.63) is 0 Å². The lowest BCUT2D eigenvalue weighted by molar-refractivity contribution is 0.0742. The number of piperidine rings is 1. The maximum Gasteiger partial charge on any atom is -0.00128 e. The maximum absolute atomic E-state index is 3.57. The Balaban J connectivity index is 2.02. The van der Waals surface area contributed by atoms with Gasteiger partial charge in [-0.15, -0.1) is 0 Å². The molecule has 1 saturated carbocycles. The summed E-state index contributed by atoms with van der Waals surface area (Å²) in [7, 11) is 0. The van der Waals surface area contributed by atoms with Crippen LogP contribution in [0, 0.1) is 23.2 Å². The average molecular weight is 195 g/mol. The molecule has 2 atom stereocenters. The van der Waals surface area contributed by atoms with Gasteiger partial charge in [-0.1, -0.05) is 33.6 Å². The summed E-state index contributed by atoms with van der Waals surface area (Å²) < 4.78 is 0. The molecule has 2 aliphatic rings. The van der Waals surface area contributed by atoms with Crippen molar-refractivity contribution >= 4 is 0 Å². The van der Waals surface area contributed by atoms with Crippen molar-refractivity contribution in [2.45, 2.75) is 46.5 Å². The Bertz CT molecular complexity index is 195. The SMILES string of the molecule is CC(C)C1CNCCC1(C)CC1CC1. The Kier molecular flexibility index (Phi) is 2.88. The van der Waals surface area contributed by atoms with E-state index in [1.807, 2.05) is 0 Å². The molecule has 0 bridgehead atoms. The summed E-state index contributed by atoms with van der Waals surface area (Å²) in [6.45, 7) is 9.82. The highest BCUT2D eigenvalue weighted by atomic mass is 14.9. The first-order chi connectivity index (χ1) is 6.62. The van der Waals surface area contributed by atoms with Gasteiger partial charge in [0.2, 0.25) is 0 Å². The van der Waals surface area contributed by atoms with E-state index in [1.54, 1.807) is 0 Å². The van der Waals surface area contributed by atoms with Crippen molar-refractivity contribution in [3.8, 4) is 0 Å². The van der Waals surface area contributed by atoms with Gasteiger partial charge in [-0.2, -0.15) is 0 Å². The molecule has 0 radical (unpaired) electrons. The van der Waals surface area contributed by atoms with Gasteiger partial charge in [-0.25, -0.2) is 0 Å². The van der Waals surface area contributed by atoms with Gasteiger partial charge in [0.1, 0.15) is 0 Å². The minimum Gasteiger partial charge on any atom is -0.316 e. The topological polar surface area (TPSA) is 12.0 Å². The molecule has 2 unspecified atom stereocenters. The standard InChI is InChI=1S/C13H25N/c1-10(2)12-9-14-7-6-13(12,3)8-11-4-5-11/h10-12,14H,4-9H2,1-3H3. The van der Waals surface area contributed by atoms with Crippen LogP contribution in [0.5, 0.6) is 0 Å². The van der Waals surface area contributed by atoms with Gasteiger partial charge in [-0.05, 0) is 49.1 Å². The third-order valence-electron chi connectivity index (χ3n) is 4.39. The first-order valence-corrected chi connectivity index (χ1v) is 6.32. The molecule has 0 aromatic carbocycles. The van der Waals surface area contributed by atoms with Gasteiger partial charge in [0.15, 0.2) is 0 Å². The quantitative estimate of drug-likeness (QED) is 0.730. The maximum atomic E-state index is 3.57. The fraction of sp³-hybridized carbons (Fsp3) is 1.00. The lowest BCUT2D eigenvalue weighted by Crippen LogP contribution is -2.46. The van der Waals surface area contributed by atoms with E-state index in [0.717, 1.165) is 17.8 Å². The van der Waals surface area contributed by atoms with Crippen LogP contribution < -0.4 is 5.32 Å². The van der Waals surface area contributed by atoms with E-state index >= 15 is 0 Å². The molecule has 0 amide bonds. The van der Waals surface area contributed by atoms with Crippen LogP contribution >= 0.6 is 0 Å². The van der Waals surface area contributed by atoms with E-state index < -0.39 is 0 Å². The molecule has 1 nitrogen and oxygen atoms in total. The molecule has 82 valence electrons. The number of hydrogen-bond acceptors (Lipinski definition) is 1. The third-order valence-corrected chi connectivity index (χ3v) is 4.39. The van der Waals surface area contributed by atoms with E-state index in [1.165, 1.54) is 38.8 Å². The van der Waals surface area contributed by atoms with Crippen molar-refractivity contribution in [2.75, 3.05) is 13.1 Å². The van der Waals surface area contributed by atoms with Gasteiger partial charge >= 0.3 is 0 Å². The zero-order chi connectivity index (χ0) is 10.2. The van der Waals surface area contributed by atoms with E-state index in [0.29, 0.717) is 5.41 Å². The van der Waals surface area contributed by atoms with Gasteiger partial charge < -0.3 is 5.32 Å². The summed E-state index contributed by atoms with van der Waals surface area (Å²) in [6, 6.07) is 0. The monoisotopic (exact) mass is 195 g/mol. The predicted octanol–water partition coefficient (Wildman–Crippen LogP) is 3.06. The van der Waals surface area contributed by atoms with Crippen LogP contribution in [0.3, 0.4) is 0 Å². The first-order valence-electron chi connectivity index (χ1n) is 6.32. The largest absolute Gasteiger partial charge is 0.316 e. The second kappa shape index (κ2) is 3.84. The molecule has 1 saturated heterocycles. The fourth-order valence-corrected chi connectivity index (χ4v) is 3.34. The lowest BCUT2D eigenvalue weighted by atomic mass is 9.65. The molecule has 2 rings (SSSR count). The average Bonchev–Trinajstić information content (AvgIpc) is 2.87. The molecule has 1 heteroatoms. The highest BCUT2D eigenvalue weighted by Gasteiger charge is 2.41. The van der Waals surface area contributed by atoms with Gasteiger partial charge in [0, 0.05) is 0 Å². The van der Waals surface area contributed by atoms with E-state index in [4.69, 9.17) is 0 Å². The molecule has 14 heavy (non-hydrogen) atoms. The Labute approximate surface area is 88.7 Å². The molecule has 2 fully saturated rings. The van der Waals surface area contributed by atoms with E-state index in [2.05, 4.69) is 26.1 Å². The molecule has 1 N–H and O–H groups in total. The van der Waals surface area contributed by atoms with Crippen molar-refractivity contribution in [3.63, 3.8) is 0 Å². The Morgan fingerprint density at radius 2 is 2.07 bits per heavy atom. The Morgan fingerprint density at radius 1 is 1.36 bits per heavy atom. The molecular weight excluding hydrogens is 170 g/mol. The molecule has 1 heterocycles. The summed E-state index contributed by atoms with van der Waals surface area (Å²) in [4.78, 5) is 0. The minimum atomic E-state index is 0.639. The van der Waals surface area contributed by atoms with Crippen LogP contribution in [0.2, 0.25) is 0 Å². The molecule has 0 spiro atoms. The molecule has 1 aliphatic heterocycles. The molecule has 1 aliphatic carbocycles. The van der Waals surface area contributed by atoms with Crippen molar-refractivity contribution in [2.24, 2.45) is 23.2 Å².